The summed E-state index contributed by atoms with van der Waals surface area (Å²) >= 11 is 5.78. The molecule has 0 aromatic heterocycles. The highest BCUT2D eigenvalue weighted by molar-refractivity contribution is 6.19. The molecule has 0 unspecified atom stereocenters. The zero-order valence-electron chi connectivity index (χ0n) is 10.7. The van der Waals surface area contributed by atoms with Crippen molar-refractivity contribution in [1.29, 1.82) is 5.26 Å². The van der Waals surface area contributed by atoms with E-state index >= 15 is 0 Å². The number of halogens is 1. The van der Waals surface area contributed by atoms with Crippen LogP contribution < -0.4 is 5.32 Å². The van der Waals surface area contributed by atoms with Gasteiger partial charge in [0.25, 0.3) is 0 Å². The second-order valence-electron chi connectivity index (χ2n) is 5.58. The van der Waals surface area contributed by atoms with Crippen molar-refractivity contribution >= 4 is 17.5 Å². The number of hydrogen-bond acceptors (Lipinski definition) is 2. The first-order chi connectivity index (χ1) is 7.96. The van der Waals surface area contributed by atoms with E-state index in [0.29, 0.717) is 0 Å². The van der Waals surface area contributed by atoms with Crippen molar-refractivity contribution in [3.63, 3.8) is 0 Å². The molecule has 1 fully saturated rings. The van der Waals surface area contributed by atoms with Crippen molar-refractivity contribution in [1.82, 2.24) is 5.32 Å². The first-order valence-corrected chi connectivity index (χ1v) is 6.79. The average Bonchev–Trinajstić information content (AvgIpc) is 2.55. The Balaban J connectivity index is 2.75. The van der Waals surface area contributed by atoms with Gasteiger partial charge in [0, 0.05) is 5.88 Å². The normalized spacial score (nSPS) is 20.1. The number of nitrogens with zero attached hydrogens (tertiary/aromatic N) is 1. The molecule has 0 radical (unpaired) electrons. The van der Waals surface area contributed by atoms with E-state index < -0.39 is 11.0 Å². The maximum Gasteiger partial charge on any atom is 0.228 e. The summed E-state index contributed by atoms with van der Waals surface area (Å²) in [6, 6.07) is 2.31. The van der Waals surface area contributed by atoms with Gasteiger partial charge in [-0.1, -0.05) is 25.7 Å². The number of nitrogens with one attached hydrogen (secondary N) is 1. The number of nitriles is 1. The zero-order valence-corrected chi connectivity index (χ0v) is 11.4. The molecule has 0 saturated heterocycles. The highest BCUT2D eigenvalue weighted by Crippen LogP contribution is 2.28. The lowest BCUT2D eigenvalue weighted by atomic mass is 9.88. The van der Waals surface area contributed by atoms with Gasteiger partial charge in [0.15, 0.2) is 0 Å². The maximum absolute atomic E-state index is 12.1. The Kier molecular flexibility index (Phi) is 4.82. The summed E-state index contributed by atoms with van der Waals surface area (Å²) in [7, 11) is 0. The van der Waals surface area contributed by atoms with Gasteiger partial charge in [-0.2, -0.15) is 5.26 Å². The smallest absolute Gasteiger partial charge is 0.228 e. The Labute approximate surface area is 109 Å². The van der Waals surface area contributed by atoms with Gasteiger partial charge in [0.1, 0.15) is 5.54 Å². The molecule has 0 atom stereocenters. The van der Waals surface area contributed by atoms with Crippen LogP contribution in [0.2, 0.25) is 0 Å². The van der Waals surface area contributed by atoms with E-state index in [0.717, 1.165) is 38.5 Å². The molecule has 17 heavy (non-hydrogen) atoms. The third-order valence-electron chi connectivity index (χ3n) is 3.47. The largest absolute Gasteiger partial charge is 0.337 e. The molecule has 1 rings (SSSR count). The van der Waals surface area contributed by atoms with Crippen LogP contribution >= 0.6 is 11.6 Å². The zero-order chi connectivity index (χ0) is 12.9. The Morgan fingerprint density at radius 3 is 2.29 bits per heavy atom. The fourth-order valence-electron chi connectivity index (χ4n) is 2.04. The fourth-order valence-corrected chi connectivity index (χ4v) is 2.17. The molecule has 0 aromatic carbocycles. The van der Waals surface area contributed by atoms with Crippen molar-refractivity contribution in [3.05, 3.63) is 0 Å². The first kappa shape index (κ1) is 14.3. The Bertz CT molecular complexity index is 312. The van der Waals surface area contributed by atoms with Crippen LogP contribution in [0.1, 0.15) is 52.4 Å². The number of rotatable bonds is 3. The molecule has 96 valence electrons. The van der Waals surface area contributed by atoms with E-state index in [1.54, 1.807) is 13.8 Å². The molecule has 4 heteroatoms. The van der Waals surface area contributed by atoms with Gasteiger partial charge in [-0.05, 0) is 26.7 Å². The lowest BCUT2D eigenvalue weighted by Gasteiger charge is -2.31. The fraction of sp³-hybridized carbons (Fsp3) is 0.846. The van der Waals surface area contributed by atoms with E-state index in [2.05, 4.69) is 11.4 Å². The van der Waals surface area contributed by atoms with Gasteiger partial charge in [0.05, 0.1) is 11.5 Å². The molecule has 0 spiro atoms. The number of alkyl halides is 1. The van der Waals surface area contributed by atoms with E-state index in [1.165, 1.54) is 0 Å². The van der Waals surface area contributed by atoms with Crippen molar-refractivity contribution in [2.24, 2.45) is 5.41 Å². The van der Waals surface area contributed by atoms with Gasteiger partial charge < -0.3 is 5.32 Å². The summed E-state index contributed by atoms with van der Waals surface area (Å²) < 4.78 is 0. The standard InChI is InChI=1S/C13H21ClN2O/c1-12(2,9-14)11(17)16-13(10-15)7-5-3-4-6-8-13/h3-9H2,1-2H3,(H,16,17). The quantitative estimate of drug-likeness (QED) is 0.623. The third-order valence-corrected chi connectivity index (χ3v) is 4.14. The van der Waals surface area contributed by atoms with Crippen LogP contribution in [0, 0.1) is 16.7 Å². The molecule has 1 aliphatic carbocycles. The molecule has 1 N–H and O–H groups in total. The summed E-state index contributed by atoms with van der Waals surface area (Å²) in [5.41, 5.74) is -1.28. The second-order valence-corrected chi connectivity index (χ2v) is 5.85. The van der Waals surface area contributed by atoms with E-state index in [1.807, 2.05) is 0 Å². The lowest BCUT2D eigenvalue weighted by molar-refractivity contribution is -0.129. The molecule has 1 amide bonds. The highest BCUT2D eigenvalue weighted by Gasteiger charge is 2.37. The molecule has 1 aliphatic rings. The summed E-state index contributed by atoms with van der Waals surface area (Å²) in [4.78, 5) is 12.1. The van der Waals surface area contributed by atoms with E-state index in [-0.39, 0.29) is 11.8 Å². The van der Waals surface area contributed by atoms with Gasteiger partial charge in [0.2, 0.25) is 5.91 Å². The van der Waals surface area contributed by atoms with Crippen LogP contribution in [0.5, 0.6) is 0 Å². The van der Waals surface area contributed by atoms with Crippen molar-refractivity contribution in [3.8, 4) is 6.07 Å². The Morgan fingerprint density at radius 1 is 1.35 bits per heavy atom. The van der Waals surface area contributed by atoms with Crippen LogP contribution in [-0.4, -0.2) is 17.3 Å². The van der Waals surface area contributed by atoms with E-state index in [4.69, 9.17) is 11.6 Å². The monoisotopic (exact) mass is 256 g/mol. The molecule has 0 heterocycles. The summed E-state index contributed by atoms with van der Waals surface area (Å²) in [5, 5.41) is 12.3. The second kappa shape index (κ2) is 5.73. The van der Waals surface area contributed by atoms with Crippen molar-refractivity contribution in [2.75, 3.05) is 5.88 Å². The highest BCUT2D eigenvalue weighted by atomic mass is 35.5. The molecular formula is C13H21ClN2O. The minimum absolute atomic E-state index is 0.115. The van der Waals surface area contributed by atoms with Crippen LogP contribution in [0.15, 0.2) is 0 Å². The lowest BCUT2D eigenvalue weighted by Crippen LogP contribution is -2.52. The summed E-state index contributed by atoms with van der Waals surface area (Å²) in [6.45, 7) is 3.61. The van der Waals surface area contributed by atoms with E-state index in [9.17, 15) is 10.1 Å². The van der Waals surface area contributed by atoms with Gasteiger partial charge in [-0.25, -0.2) is 0 Å². The molecule has 3 nitrogen and oxygen atoms in total. The Morgan fingerprint density at radius 2 is 1.88 bits per heavy atom. The molecule has 1 saturated carbocycles. The summed E-state index contributed by atoms with van der Waals surface area (Å²) in [5.74, 6) is 0.149. The topological polar surface area (TPSA) is 52.9 Å². The van der Waals surface area contributed by atoms with Crippen LogP contribution in [0.25, 0.3) is 0 Å². The maximum atomic E-state index is 12.1. The van der Waals surface area contributed by atoms with Gasteiger partial charge >= 0.3 is 0 Å². The number of hydrogen-bond donors (Lipinski definition) is 1. The minimum atomic E-state index is -0.670. The third kappa shape index (κ3) is 3.61. The van der Waals surface area contributed by atoms with Crippen molar-refractivity contribution < 1.29 is 4.79 Å². The molecule has 0 bridgehead atoms. The predicted octanol–water partition coefficient (Wildman–Crippen LogP) is 2.98. The molecule has 0 aliphatic heterocycles. The van der Waals surface area contributed by atoms with Crippen molar-refractivity contribution in [2.45, 2.75) is 57.9 Å². The average molecular weight is 257 g/mol. The first-order valence-electron chi connectivity index (χ1n) is 6.26. The predicted molar refractivity (Wildman–Crippen MR) is 68.7 cm³/mol. The van der Waals surface area contributed by atoms with Crippen LogP contribution in [0.4, 0.5) is 0 Å². The summed E-state index contributed by atoms with van der Waals surface area (Å²) in [6.07, 6.45) is 5.84. The number of carbonyl (C=O) groups is 1. The molecular weight excluding hydrogens is 236 g/mol. The molecule has 0 aromatic rings. The van der Waals surface area contributed by atoms with Crippen LogP contribution in [-0.2, 0) is 4.79 Å². The Hall–Kier alpha value is -0.750. The van der Waals surface area contributed by atoms with Gasteiger partial charge in [-0.3, -0.25) is 4.79 Å². The number of carbonyl (C=O) groups excluding carboxylic acids is 1. The minimum Gasteiger partial charge on any atom is -0.337 e. The number of amides is 1. The SMILES string of the molecule is CC(C)(CCl)C(=O)NC1(C#N)CCCCCC1. The van der Waals surface area contributed by atoms with Crippen LogP contribution in [0.3, 0.4) is 0 Å². The van der Waals surface area contributed by atoms with Gasteiger partial charge in [-0.15, -0.1) is 11.6 Å².